The van der Waals surface area contributed by atoms with Gasteiger partial charge in [-0.1, -0.05) is 13.8 Å². The van der Waals surface area contributed by atoms with Gasteiger partial charge in [-0.05, 0) is 18.6 Å². The largest absolute Gasteiger partial charge is 0.481 e. The van der Waals surface area contributed by atoms with Crippen molar-refractivity contribution in [3.63, 3.8) is 0 Å². The number of carbonyl (C=O) groups excluding carboxylic acids is 1. The lowest BCUT2D eigenvalue weighted by Gasteiger charge is -2.15. The van der Waals surface area contributed by atoms with Gasteiger partial charge >= 0.3 is 11.9 Å². The van der Waals surface area contributed by atoms with Gasteiger partial charge in [0.05, 0.1) is 0 Å². The number of aliphatic carboxylic acids is 1. The zero-order valence-electron chi connectivity index (χ0n) is 9.90. The molecule has 0 radical (unpaired) electrons. The molecule has 5 heteroatoms. The van der Waals surface area contributed by atoms with E-state index in [2.05, 4.69) is 0 Å². The Hall–Kier alpha value is -0.710. The minimum atomic E-state index is -0.759. The average molecular weight is 248 g/mol. The van der Waals surface area contributed by atoms with E-state index < -0.39 is 5.97 Å². The molecule has 0 spiro atoms. The van der Waals surface area contributed by atoms with Crippen LogP contribution in [-0.4, -0.2) is 34.7 Å². The first kappa shape index (κ1) is 15.3. The van der Waals surface area contributed by atoms with Crippen molar-refractivity contribution >= 4 is 23.7 Å². The van der Waals surface area contributed by atoms with E-state index in [1.807, 2.05) is 6.92 Å². The summed E-state index contributed by atoms with van der Waals surface area (Å²) in [6.07, 6.45) is 2.04. The smallest absolute Gasteiger partial charge is 0.305 e. The number of rotatable bonds is 9. The van der Waals surface area contributed by atoms with Crippen molar-refractivity contribution in [3.05, 3.63) is 0 Å². The molecule has 0 amide bonds. The summed E-state index contributed by atoms with van der Waals surface area (Å²) < 4.78 is 5.20. The summed E-state index contributed by atoms with van der Waals surface area (Å²) in [6.45, 7) is 3.75. The highest BCUT2D eigenvalue weighted by molar-refractivity contribution is 7.99. The molecule has 0 aliphatic heterocycles. The van der Waals surface area contributed by atoms with Crippen LogP contribution >= 0.6 is 11.8 Å². The lowest BCUT2D eigenvalue weighted by atomic mass is 10.3. The van der Waals surface area contributed by atoms with Gasteiger partial charge in [-0.15, -0.1) is 0 Å². The van der Waals surface area contributed by atoms with Gasteiger partial charge in [0, 0.05) is 18.6 Å². The molecule has 0 aromatic heterocycles. The van der Waals surface area contributed by atoms with Crippen molar-refractivity contribution in [1.29, 1.82) is 0 Å². The molecule has 0 saturated carbocycles. The van der Waals surface area contributed by atoms with E-state index >= 15 is 0 Å². The lowest BCUT2D eigenvalue weighted by molar-refractivity contribution is -0.147. The zero-order chi connectivity index (χ0) is 12.4. The molecule has 1 unspecified atom stereocenters. The van der Waals surface area contributed by atoms with E-state index in [1.54, 1.807) is 18.7 Å². The highest BCUT2D eigenvalue weighted by Crippen LogP contribution is 2.11. The summed E-state index contributed by atoms with van der Waals surface area (Å²) >= 11 is 1.64. The second-order valence-corrected chi connectivity index (χ2v) is 4.60. The van der Waals surface area contributed by atoms with Crippen LogP contribution in [0, 0.1) is 0 Å². The number of carbonyl (C=O) groups is 2. The molecule has 0 rings (SSSR count). The monoisotopic (exact) mass is 248 g/mol. The first-order valence-electron chi connectivity index (χ1n) is 5.59. The molecule has 94 valence electrons. The maximum atomic E-state index is 11.1. The molecule has 0 saturated heterocycles. The molecule has 0 aliphatic carbocycles. The number of esters is 1. The Morgan fingerprint density at radius 3 is 2.56 bits per heavy atom. The molecular weight excluding hydrogens is 228 g/mol. The van der Waals surface area contributed by atoms with E-state index in [-0.39, 0.29) is 18.5 Å². The van der Waals surface area contributed by atoms with Crippen LogP contribution in [0.25, 0.3) is 0 Å². The fourth-order valence-electron chi connectivity index (χ4n) is 1.04. The standard InChI is InChI=1S/C11H20O4S/c1-3-9(15-11(14)4-2)8-16-7-5-6-10(12)13/h9H,3-8H2,1-2H3,(H,12,13). The normalized spacial score (nSPS) is 12.1. The summed E-state index contributed by atoms with van der Waals surface area (Å²) in [4.78, 5) is 21.3. The highest BCUT2D eigenvalue weighted by Gasteiger charge is 2.10. The van der Waals surface area contributed by atoms with E-state index in [0.29, 0.717) is 12.8 Å². The summed E-state index contributed by atoms with van der Waals surface area (Å²) in [5, 5.41) is 8.44. The van der Waals surface area contributed by atoms with Crippen LogP contribution in [0.2, 0.25) is 0 Å². The van der Waals surface area contributed by atoms with Crippen LogP contribution in [-0.2, 0) is 14.3 Å². The number of thioether (sulfide) groups is 1. The van der Waals surface area contributed by atoms with Gasteiger partial charge in [-0.25, -0.2) is 0 Å². The Labute approximate surface area is 101 Å². The van der Waals surface area contributed by atoms with Crippen molar-refractivity contribution in [3.8, 4) is 0 Å². The van der Waals surface area contributed by atoms with Crippen LogP contribution in [0.15, 0.2) is 0 Å². The van der Waals surface area contributed by atoms with Crippen molar-refractivity contribution < 1.29 is 19.4 Å². The molecule has 0 aliphatic rings. The maximum absolute atomic E-state index is 11.1. The third-order valence-corrected chi connectivity index (χ3v) is 3.21. The van der Waals surface area contributed by atoms with Crippen LogP contribution in [0.4, 0.5) is 0 Å². The predicted molar refractivity (Wildman–Crippen MR) is 64.7 cm³/mol. The van der Waals surface area contributed by atoms with Gasteiger partial charge in [0.1, 0.15) is 6.10 Å². The molecule has 0 aromatic carbocycles. The molecule has 16 heavy (non-hydrogen) atoms. The third kappa shape index (κ3) is 8.59. The number of carboxylic acids is 1. The Morgan fingerprint density at radius 1 is 1.38 bits per heavy atom. The molecule has 1 N–H and O–H groups in total. The van der Waals surface area contributed by atoms with E-state index in [0.717, 1.165) is 17.9 Å². The summed E-state index contributed by atoms with van der Waals surface area (Å²) in [5.41, 5.74) is 0. The van der Waals surface area contributed by atoms with Gasteiger partial charge in [-0.3, -0.25) is 9.59 Å². The predicted octanol–water partition coefficient (Wildman–Crippen LogP) is 2.32. The summed E-state index contributed by atoms with van der Waals surface area (Å²) in [7, 11) is 0. The highest BCUT2D eigenvalue weighted by atomic mass is 32.2. The van der Waals surface area contributed by atoms with Crippen molar-refractivity contribution in [2.75, 3.05) is 11.5 Å². The fraction of sp³-hybridized carbons (Fsp3) is 0.818. The van der Waals surface area contributed by atoms with Gasteiger partial charge in [0.2, 0.25) is 0 Å². The molecule has 1 atom stereocenters. The Bertz CT molecular complexity index is 218. The molecule has 0 heterocycles. The molecular formula is C11H20O4S. The maximum Gasteiger partial charge on any atom is 0.305 e. The van der Waals surface area contributed by atoms with Gasteiger partial charge < -0.3 is 9.84 Å². The number of ether oxygens (including phenoxy) is 1. The Morgan fingerprint density at radius 2 is 2.06 bits per heavy atom. The Kier molecular flexibility index (Phi) is 9.09. The van der Waals surface area contributed by atoms with E-state index in [1.165, 1.54) is 0 Å². The van der Waals surface area contributed by atoms with Gasteiger partial charge in [-0.2, -0.15) is 11.8 Å². The van der Waals surface area contributed by atoms with Crippen molar-refractivity contribution in [2.24, 2.45) is 0 Å². The first-order chi connectivity index (χ1) is 7.60. The number of hydrogen-bond donors (Lipinski definition) is 1. The minimum Gasteiger partial charge on any atom is -0.481 e. The molecule has 0 bridgehead atoms. The molecule has 4 nitrogen and oxygen atoms in total. The first-order valence-corrected chi connectivity index (χ1v) is 6.74. The van der Waals surface area contributed by atoms with Crippen LogP contribution in [0.1, 0.15) is 39.5 Å². The van der Waals surface area contributed by atoms with Crippen LogP contribution in [0.5, 0.6) is 0 Å². The van der Waals surface area contributed by atoms with Crippen LogP contribution < -0.4 is 0 Å². The average Bonchev–Trinajstić information content (AvgIpc) is 2.26. The summed E-state index contributed by atoms with van der Waals surface area (Å²) in [6, 6.07) is 0. The molecule has 0 aromatic rings. The van der Waals surface area contributed by atoms with Gasteiger partial charge in [0.25, 0.3) is 0 Å². The van der Waals surface area contributed by atoms with Gasteiger partial charge in [0.15, 0.2) is 0 Å². The van der Waals surface area contributed by atoms with E-state index in [4.69, 9.17) is 9.84 Å². The number of hydrogen-bond acceptors (Lipinski definition) is 4. The lowest BCUT2D eigenvalue weighted by Crippen LogP contribution is -2.19. The SMILES string of the molecule is CCC(=O)OC(CC)CSCCCC(=O)O. The quantitative estimate of drug-likeness (QED) is 0.501. The fourth-order valence-corrected chi connectivity index (χ4v) is 2.13. The second kappa shape index (κ2) is 9.51. The third-order valence-electron chi connectivity index (χ3n) is 2.03. The molecule has 0 fully saturated rings. The summed E-state index contributed by atoms with van der Waals surface area (Å²) in [5.74, 6) is 0.622. The van der Waals surface area contributed by atoms with E-state index in [9.17, 15) is 9.59 Å². The van der Waals surface area contributed by atoms with Crippen molar-refractivity contribution in [2.45, 2.75) is 45.6 Å². The van der Waals surface area contributed by atoms with Crippen molar-refractivity contribution in [1.82, 2.24) is 0 Å². The van der Waals surface area contributed by atoms with Crippen LogP contribution in [0.3, 0.4) is 0 Å². The zero-order valence-corrected chi connectivity index (χ0v) is 10.7. The Balaban J connectivity index is 3.55. The second-order valence-electron chi connectivity index (χ2n) is 3.45. The number of carboxylic acid groups (broad SMARTS) is 1. The minimum absolute atomic E-state index is 0.0396. The topological polar surface area (TPSA) is 63.6 Å².